The van der Waals surface area contributed by atoms with Crippen molar-refractivity contribution in [3.63, 3.8) is 0 Å². The molecule has 2 aliphatic rings. The zero-order valence-electron chi connectivity index (χ0n) is 5.08. The first kappa shape index (κ1) is 5.36. The van der Waals surface area contributed by atoms with Crippen LogP contribution in [0.5, 0.6) is 0 Å². The molecule has 1 heterocycles. The molecular formula is C8H8S. The Labute approximate surface area is 59.3 Å². The summed E-state index contributed by atoms with van der Waals surface area (Å²) in [6, 6.07) is 0. The molecule has 0 amide bonds. The van der Waals surface area contributed by atoms with E-state index >= 15 is 0 Å². The van der Waals surface area contributed by atoms with Crippen molar-refractivity contribution in [2.75, 3.05) is 5.75 Å². The lowest BCUT2D eigenvalue weighted by atomic mass is 10.1. The Morgan fingerprint density at radius 1 is 1.44 bits per heavy atom. The fourth-order valence-corrected chi connectivity index (χ4v) is 2.19. The van der Waals surface area contributed by atoms with E-state index < -0.39 is 0 Å². The van der Waals surface area contributed by atoms with Gasteiger partial charge in [-0.15, -0.1) is 11.8 Å². The molecule has 0 saturated carbocycles. The minimum atomic E-state index is 0.676. The zero-order valence-corrected chi connectivity index (χ0v) is 5.90. The summed E-state index contributed by atoms with van der Waals surface area (Å²) in [4.78, 5) is 0. The first-order valence-electron chi connectivity index (χ1n) is 3.13. The molecule has 0 radical (unpaired) electrons. The fraction of sp³-hybridized carbons (Fsp3) is 0.250. The summed E-state index contributed by atoms with van der Waals surface area (Å²) in [7, 11) is 0. The Kier molecular flexibility index (Phi) is 1.23. The molecule has 46 valence electrons. The molecule has 0 aromatic carbocycles. The minimum absolute atomic E-state index is 0.676. The summed E-state index contributed by atoms with van der Waals surface area (Å²) < 4.78 is 0. The molecule has 1 heteroatoms. The Morgan fingerprint density at radius 2 is 2.44 bits per heavy atom. The smallest absolute Gasteiger partial charge is 0.0480 e. The molecule has 0 N–H and O–H groups in total. The number of hydrogen-bond donors (Lipinski definition) is 0. The van der Waals surface area contributed by atoms with E-state index in [9.17, 15) is 0 Å². The van der Waals surface area contributed by atoms with Gasteiger partial charge in [-0.05, 0) is 5.57 Å². The fourth-order valence-electron chi connectivity index (χ4n) is 1.12. The van der Waals surface area contributed by atoms with Gasteiger partial charge < -0.3 is 0 Å². The number of rotatable bonds is 0. The maximum Gasteiger partial charge on any atom is 0.0480 e. The monoisotopic (exact) mass is 136 g/mol. The number of thioether (sulfide) groups is 1. The first-order chi connectivity index (χ1) is 4.47. The van der Waals surface area contributed by atoms with Crippen LogP contribution in [-0.2, 0) is 0 Å². The Morgan fingerprint density at radius 3 is 3.33 bits per heavy atom. The van der Waals surface area contributed by atoms with E-state index in [1.54, 1.807) is 0 Å². The highest BCUT2D eigenvalue weighted by molar-refractivity contribution is 8.00. The lowest BCUT2D eigenvalue weighted by Gasteiger charge is -2.07. The number of allylic oxidation sites excluding steroid dienone is 3. The lowest BCUT2D eigenvalue weighted by Crippen LogP contribution is -1.97. The van der Waals surface area contributed by atoms with Crippen LogP contribution < -0.4 is 0 Å². The summed E-state index contributed by atoms with van der Waals surface area (Å²) in [6.45, 7) is 0. The van der Waals surface area contributed by atoms with Crippen LogP contribution in [0.3, 0.4) is 0 Å². The van der Waals surface area contributed by atoms with Gasteiger partial charge in [-0.1, -0.05) is 30.4 Å². The van der Waals surface area contributed by atoms with E-state index in [4.69, 9.17) is 0 Å². The Hall–Kier alpha value is -0.430. The summed E-state index contributed by atoms with van der Waals surface area (Å²) >= 11 is 2.00. The van der Waals surface area contributed by atoms with Crippen LogP contribution in [0.4, 0.5) is 0 Å². The molecule has 0 nitrogen and oxygen atoms in total. The topological polar surface area (TPSA) is 0 Å². The quantitative estimate of drug-likeness (QED) is 0.491. The molecular weight excluding hydrogens is 128 g/mol. The van der Waals surface area contributed by atoms with Crippen LogP contribution in [0.15, 0.2) is 36.0 Å². The summed E-state index contributed by atoms with van der Waals surface area (Å²) in [6.07, 6.45) is 11.0. The zero-order chi connectivity index (χ0) is 6.10. The summed E-state index contributed by atoms with van der Waals surface area (Å²) in [5, 5.41) is 0.676. The molecule has 9 heavy (non-hydrogen) atoms. The second-order valence-electron chi connectivity index (χ2n) is 2.20. The molecule has 1 aliphatic carbocycles. The average Bonchev–Trinajstić information content (AvgIpc) is 2.33. The van der Waals surface area contributed by atoms with Crippen molar-refractivity contribution in [3.8, 4) is 0 Å². The third-order valence-corrected chi connectivity index (χ3v) is 2.76. The number of hydrogen-bond acceptors (Lipinski definition) is 1. The van der Waals surface area contributed by atoms with Crippen LogP contribution in [0.1, 0.15) is 0 Å². The van der Waals surface area contributed by atoms with Gasteiger partial charge in [0.15, 0.2) is 0 Å². The molecule has 0 bridgehead atoms. The normalized spacial score (nSPS) is 30.2. The van der Waals surface area contributed by atoms with Crippen LogP contribution in [0, 0.1) is 0 Å². The van der Waals surface area contributed by atoms with E-state index in [0.29, 0.717) is 5.25 Å². The van der Waals surface area contributed by atoms with Crippen LogP contribution >= 0.6 is 11.8 Å². The van der Waals surface area contributed by atoms with E-state index in [1.165, 1.54) is 11.3 Å². The van der Waals surface area contributed by atoms with E-state index in [2.05, 4.69) is 30.4 Å². The predicted molar refractivity (Wildman–Crippen MR) is 42.6 cm³/mol. The Balaban J connectivity index is 2.33. The second kappa shape index (κ2) is 2.07. The van der Waals surface area contributed by atoms with E-state index in [-0.39, 0.29) is 0 Å². The third-order valence-electron chi connectivity index (χ3n) is 1.61. The van der Waals surface area contributed by atoms with Gasteiger partial charge in [-0.3, -0.25) is 0 Å². The van der Waals surface area contributed by atoms with Gasteiger partial charge in [0.05, 0.1) is 0 Å². The van der Waals surface area contributed by atoms with Gasteiger partial charge in [-0.2, -0.15) is 0 Å². The van der Waals surface area contributed by atoms with Gasteiger partial charge in [-0.25, -0.2) is 0 Å². The first-order valence-corrected chi connectivity index (χ1v) is 4.18. The van der Waals surface area contributed by atoms with Gasteiger partial charge >= 0.3 is 0 Å². The maximum absolute atomic E-state index is 2.30. The van der Waals surface area contributed by atoms with Crippen LogP contribution in [0.25, 0.3) is 0 Å². The molecule has 0 saturated heterocycles. The van der Waals surface area contributed by atoms with Crippen molar-refractivity contribution in [1.29, 1.82) is 0 Å². The Bertz CT molecular complexity index is 196. The van der Waals surface area contributed by atoms with Gasteiger partial charge in [0.2, 0.25) is 0 Å². The molecule has 0 aromatic heterocycles. The minimum Gasteiger partial charge on any atom is -0.145 e. The summed E-state index contributed by atoms with van der Waals surface area (Å²) in [5.74, 6) is 1.19. The van der Waals surface area contributed by atoms with Gasteiger partial charge in [0.1, 0.15) is 0 Å². The SMILES string of the molecule is C1=CC2=CCSC2C=C1. The van der Waals surface area contributed by atoms with E-state index in [1.807, 2.05) is 11.8 Å². The van der Waals surface area contributed by atoms with Crippen molar-refractivity contribution in [2.24, 2.45) is 0 Å². The van der Waals surface area contributed by atoms with E-state index in [0.717, 1.165) is 0 Å². The van der Waals surface area contributed by atoms with Crippen LogP contribution in [-0.4, -0.2) is 11.0 Å². The largest absolute Gasteiger partial charge is 0.145 e. The molecule has 0 spiro atoms. The molecule has 1 atom stereocenters. The second-order valence-corrected chi connectivity index (χ2v) is 3.38. The maximum atomic E-state index is 2.30. The lowest BCUT2D eigenvalue weighted by molar-refractivity contribution is 1.31. The summed E-state index contributed by atoms with van der Waals surface area (Å²) in [5.41, 5.74) is 1.49. The van der Waals surface area contributed by atoms with Gasteiger partial charge in [0, 0.05) is 11.0 Å². The predicted octanol–water partition coefficient (Wildman–Crippen LogP) is 2.15. The van der Waals surface area contributed by atoms with Crippen molar-refractivity contribution in [1.82, 2.24) is 0 Å². The average molecular weight is 136 g/mol. The molecule has 1 unspecified atom stereocenters. The third kappa shape index (κ3) is 0.855. The molecule has 2 rings (SSSR count). The van der Waals surface area contributed by atoms with Crippen molar-refractivity contribution < 1.29 is 0 Å². The van der Waals surface area contributed by atoms with Crippen LogP contribution in [0.2, 0.25) is 0 Å². The number of fused-ring (bicyclic) bond motifs is 1. The standard InChI is InChI=1S/C8H8S/c1-2-4-8-7(3-1)5-6-9-8/h1-5,8H,6H2. The molecule has 1 aliphatic heterocycles. The molecule has 0 fully saturated rings. The highest BCUT2D eigenvalue weighted by atomic mass is 32.2. The highest BCUT2D eigenvalue weighted by Gasteiger charge is 2.15. The van der Waals surface area contributed by atoms with Gasteiger partial charge in [0.25, 0.3) is 0 Å². The molecule has 0 aromatic rings. The van der Waals surface area contributed by atoms with Crippen molar-refractivity contribution >= 4 is 11.8 Å². The van der Waals surface area contributed by atoms with Crippen molar-refractivity contribution in [2.45, 2.75) is 5.25 Å². The highest BCUT2D eigenvalue weighted by Crippen LogP contribution is 2.30. The van der Waals surface area contributed by atoms with Crippen molar-refractivity contribution in [3.05, 3.63) is 36.0 Å².